The highest BCUT2D eigenvalue weighted by atomic mass is 79.9. The molecule has 0 amide bonds. The van der Waals surface area contributed by atoms with Gasteiger partial charge in [0.1, 0.15) is 5.75 Å². The largest absolute Gasteiger partial charge is 0.494 e. The molecular formula is C14H17BrO4. The van der Waals surface area contributed by atoms with Crippen molar-refractivity contribution in [1.82, 2.24) is 0 Å². The molecule has 1 fully saturated rings. The molecule has 1 aliphatic heterocycles. The van der Waals surface area contributed by atoms with Crippen LogP contribution in [-0.2, 0) is 9.53 Å². The molecule has 0 saturated carbocycles. The van der Waals surface area contributed by atoms with E-state index in [1.165, 1.54) is 0 Å². The summed E-state index contributed by atoms with van der Waals surface area (Å²) in [7, 11) is 0. The Bertz CT molecular complexity index is 424. The van der Waals surface area contributed by atoms with Gasteiger partial charge >= 0.3 is 5.97 Å². The van der Waals surface area contributed by atoms with Gasteiger partial charge in [-0.25, -0.2) is 0 Å². The van der Waals surface area contributed by atoms with Gasteiger partial charge in [-0.15, -0.1) is 0 Å². The van der Waals surface area contributed by atoms with Crippen LogP contribution < -0.4 is 4.74 Å². The molecule has 0 atom stereocenters. The van der Waals surface area contributed by atoms with Crippen molar-refractivity contribution in [2.24, 2.45) is 5.41 Å². The number of carboxylic acids is 1. The van der Waals surface area contributed by atoms with Gasteiger partial charge < -0.3 is 14.6 Å². The number of aliphatic carboxylic acids is 1. The molecule has 1 heterocycles. The zero-order valence-corrected chi connectivity index (χ0v) is 12.2. The molecule has 0 aromatic heterocycles. The number of hydrogen-bond acceptors (Lipinski definition) is 3. The van der Waals surface area contributed by atoms with Gasteiger partial charge in [0.25, 0.3) is 0 Å². The summed E-state index contributed by atoms with van der Waals surface area (Å²) in [5.41, 5.74) is -0.687. The normalized spacial score (nSPS) is 17.9. The minimum atomic E-state index is -0.741. The van der Waals surface area contributed by atoms with Crippen molar-refractivity contribution in [1.29, 1.82) is 0 Å². The van der Waals surface area contributed by atoms with Crippen molar-refractivity contribution in [3.63, 3.8) is 0 Å². The highest BCUT2D eigenvalue weighted by molar-refractivity contribution is 9.10. The van der Waals surface area contributed by atoms with Gasteiger partial charge in [-0.1, -0.05) is 15.9 Å². The third-order valence-corrected chi connectivity index (χ3v) is 4.10. The predicted octanol–water partition coefficient (Wildman–Crippen LogP) is 3.10. The van der Waals surface area contributed by atoms with E-state index in [0.717, 1.165) is 10.2 Å². The Morgan fingerprint density at radius 2 is 1.95 bits per heavy atom. The van der Waals surface area contributed by atoms with Gasteiger partial charge in [0, 0.05) is 17.7 Å². The lowest BCUT2D eigenvalue weighted by Crippen LogP contribution is -2.38. The molecule has 5 heteroatoms. The Hall–Kier alpha value is -1.07. The van der Waals surface area contributed by atoms with E-state index in [9.17, 15) is 9.90 Å². The maximum absolute atomic E-state index is 11.4. The van der Waals surface area contributed by atoms with Crippen molar-refractivity contribution < 1.29 is 19.4 Å². The quantitative estimate of drug-likeness (QED) is 0.902. The second-order valence-electron chi connectivity index (χ2n) is 4.75. The SMILES string of the molecule is O=C(O)C1(CCOc2ccc(Br)cc2)CCOCC1. The Balaban J connectivity index is 1.89. The Kier molecular flexibility index (Phi) is 4.82. The zero-order valence-electron chi connectivity index (χ0n) is 10.6. The van der Waals surface area contributed by atoms with Crippen LogP contribution >= 0.6 is 15.9 Å². The van der Waals surface area contributed by atoms with Gasteiger partial charge in [0.15, 0.2) is 0 Å². The molecule has 0 spiro atoms. The molecular weight excluding hydrogens is 312 g/mol. The summed E-state index contributed by atoms with van der Waals surface area (Å²) < 4.78 is 11.8. The average Bonchev–Trinajstić information content (AvgIpc) is 2.42. The van der Waals surface area contributed by atoms with E-state index in [0.29, 0.717) is 39.1 Å². The van der Waals surface area contributed by atoms with Gasteiger partial charge in [-0.05, 0) is 43.5 Å². The van der Waals surface area contributed by atoms with Gasteiger partial charge in [-0.3, -0.25) is 4.79 Å². The summed E-state index contributed by atoms with van der Waals surface area (Å²) >= 11 is 3.36. The first-order valence-corrected chi connectivity index (χ1v) is 7.11. The Morgan fingerprint density at radius 3 is 2.53 bits per heavy atom. The lowest BCUT2D eigenvalue weighted by Gasteiger charge is -2.32. The lowest BCUT2D eigenvalue weighted by atomic mass is 9.77. The Labute approximate surface area is 120 Å². The van der Waals surface area contributed by atoms with Crippen LogP contribution in [0.3, 0.4) is 0 Å². The maximum Gasteiger partial charge on any atom is 0.309 e. The molecule has 1 aromatic rings. The van der Waals surface area contributed by atoms with E-state index in [1.807, 2.05) is 24.3 Å². The number of carboxylic acid groups (broad SMARTS) is 1. The fourth-order valence-corrected chi connectivity index (χ4v) is 2.49. The average molecular weight is 329 g/mol. The zero-order chi connectivity index (χ0) is 13.7. The first-order chi connectivity index (χ1) is 9.12. The molecule has 1 aromatic carbocycles. The first kappa shape index (κ1) is 14.3. The van der Waals surface area contributed by atoms with Crippen LogP contribution in [0.25, 0.3) is 0 Å². The van der Waals surface area contributed by atoms with Crippen molar-refractivity contribution in [3.8, 4) is 5.75 Å². The van der Waals surface area contributed by atoms with E-state index in [2.05, 4.69) is 15.9 Å². The molecule has 1 N–H and O–H groups in total. The van der Waals surface area contributed by atoms with Crippen LogP contribution in [0.1, 0.15) is 19.3 Å². The fourth-order valence-electron chi connectivity index (χ4n) is 2.23. The molecule has 1 aliphatic rings. The fraction of sp³-hybridized carbons (Fsp3) is 0.500. The summed E-state index contributed by atoms with van der Waals surface area (Å²) in [6.07, 6.45) is 1.64. The number of rotatable bonds is 5. The van der Waals surface area contributed by atoms with Crippen molar-refractivity contribution >= 4 is 21.9 Å². The number of hydrogen-bond donors (Lipinski definition) is 1. The molecule has 0 aliphatic carbocycles. The first-order valence-electron chi connectivity index (χ1n) is 6.32. The van der Waals surface area contributed by atoms with Crippen LogP contribution in [-0.4, -0.2) is 30.9 Å². The van der Waals surface area contributed by atoms with Crippen LogP contribution in [0.15, 0.2) is 28.7 Å². The number of benzene rings is 1. The predicted molar refractivity (Wildman–Crippen MR) is 74.4 cm³/mol. The van der Waals surface area contributed by atoms with Crippen LogP contribution in [0.4, 0.5) is 0 Å². The second kappa shape index (κ2) is 6.39. The molecule has 0 unspecified atom stereocenters. The van der Waals surface area contributed by atoms with Crippen LogP contribution in [0.2, 0.25) is 0 Å². The van der Waals surface area contributed by atoms with Crippen LogP contribution in [0.5, 0.6) is 5.75 Å². The van der Waals surface area contributed by atoms with Gasteiger partial charge in [0.05, 0.1) is 12.0 Å². The van der Waals surface area contributed by atoms with Crippen LogP contribution in [0, 0.1) is 5.41 Å². The third kappa shape index (κ3) is 3.70. The van der Waals surface area contributed by atoms with E-state index in [1.54, 1.807) is 0 Å². The summed E-state index contributed by atoms with van der Waals surface area (Å²) in [6.45, 7) is 1.45. The molecule has 1 saturated heterocycles. The monoisotopic (exact) mass is 328 g/mol. The van der Waals surface area contributed by atoms with E-state index >= 15 is 0 Å². The summed E-state index contributed by atoms with van der Waals surface area (Å²) in [4.78, 5) is 11.4. The van der Waals surface area contributed by atoms with Gasteiger partial charge in [0.2, 0.25) is 0 Å². The van der Waals surface area contributed by atoms with Crippen molar-refractivity contribution in [3.05, 3.63) is 28.7 Å². The number of ether oxygens (including phenoxy) is 2. The minimum Gasteiger partial charge on any atom is -0.494 e. The highest BCUT2D eigenvalue weighted by Gasteiger charge is 2.39. The van der Waals surface area contributed by atoms with E-state index in [-0.39, 0.29) is 0 Å². The minimum absolute atomic E-state index is 0.411. The second-order valence-corrected chi connectivity index (χ2v) is 5.67. The molecule has 104 valence electrons. The van der Waals surface area contributed by atoms with Gasteiger partial charge in [-0.2, -0.15) is 0 Å². The lowest BCUT2D eigenvalue weighted by molar-refractivity contribution is -0.156. The van der Waals surface area contributed by atoms with Crippen molar-refractivity contribution in [2.75, 3.05) is 19.8 Å². The van der Waals surface area contributed by atoms with E-state index in [4.69, 9.17) is 9.47 Å². The highest BCUT2D eigenvalue weighted by Crippen LogP contribution is 2.34. The molecule has 0 radical (unpaired) electrons. The smallest absolute Gasteiger partial charge is 0.309 e. The summed E-state index contributed by atoms with van der Waals surface area (Å²) in [6, 6.07) is 7.52. The molecule has 0 bridgehead atoms. The standard InChI is InChI=1S/C14H17BrO4/c15-11-1-3-12(4-2-11)19-10-7-14(13(16)17)5-8-18-9-6-14/h1-4H,5-10H2,(H,16,17). The van der Waals surface area contributed by atoms with Crippen molar-refractivity contribution in [2.45, 2.75) is 19.3 Å². The third-order valence-electron chi connectivity index (χ3n) is 3.57. The molecule has 19 heavy (non-hydrogen) atoms. The summed E-state index contributed by atoms with van der Waals surface area (Å²) in [5, 5.41) is 9.41. The Morgan fingerprint density at radius 1 is 1.32 bits per heavy atom. The summed E-state index contributed by atoms with van der Waals surface area (Å²) in [5.74, 6) is 0.0194. The number of carbonyl (C=O) groups is 1. The topological polar surface area (TPSA) is 55.8 Å². The van der Waals surface area contributed by atoms with E-state index < -0.39 is 11.4 Å². The molecule has 4 nitrogen and oxygen atoms in total. The number of halogens is 1. The maximum atomic E-state index is 11.4. The molecule has 2 rings (SSSR count).